The van der Waals surface area contributed by atoms with Gasteiger partial charge in [-0.2, -0.15) is 9.97 Å². The standard InChI is InChI=1S/C54H54N6O13/c1-4-45(61)22-27-49(63)72-34-39(35-73-54(40-8-6-5-7-9-40,41-14-23-47(68-2)24-15-41)42-16-25-48(69-3)26-17-42)32-46(62)33-58-36-55-50-51(58)56-53(71-31-29-38-12-20-44(21-13-38)60(66)67)57-52(50)70-30-28-37-10-18-43(19-11-37)59(64)65/h5-21,23-26,36,39H,4,22,27-35H2,1-3H3/t39-/m1/s1. The molecular formula is C54H54N6O13. The van der Waals surface area contributed by atoms with E-state index >= 15 is 0 Å². The summed E-state index contributed by atoms with van der Waals surface area (Å²) in [6, 6.07) is 36.7. The Hall–Kier alpha value is -8.58. The van der Waals surface area contributed by atoms with Crippen LogP contribution in [0.4, 0.5) is 11.4 Å². The summed E-state index contributed by atoms with van der Waals surface area (Å²) < 4.78 is 37.6. The zero-order chi connectivity index (χ0) is 51.7. The van der Waals surface area contributed by atoms with Crippen LogP contribution in [0.15, 0.2) is 134 Å². The van der Waals surface area contributed by atoms with E-state index < -0.39 is 27.3 Å². The highest BCUT2D eigenvalue weighted by Gasteiger charge is 2.39. The van der Waals surface area contributed by atoms with Gasteiger partial charge in [0.1, 0.15) is 22.9 Å². The Morgan fingerprint density at radius 3 is 1.74 bits per heavy atom. The minimum absolute atomic E-state index is 0.0303. The van der Waals surface area contributed by atoms with Crippen molar-refractivity contribution in [3.63, 3.8) is 0 Å². The maximum atomic E-state index is 14.4. The fourth-order valence-corrected chi connectivity index (χ4v) is 8.04. The van der Waals surface area contributed by atoms with Crippen molar-refractivity contribution in [1.29, 1.82) is 0 Å². The molecule has 2 heterocycles. The summed E-state index contributed by atoms with van der Waals surface area (Å²) in [7, 11) is 3.17. The summed E-state index contributed by atoms with van der Waals surface area (Å²) in [4.78, 5) is 74.6. The van der Waals surface area contributed by atoms with Gasteiger partial charge in [0.05, 0.1) is 69.8 Å². The quantitative estimate of drug-likeness (QED) is 0.0193. The van der Waals surface area contributed by atoms with Gasteiger partial charge in [-0.15, -0.1) is 0 Å². The molecule has 0 spiro atoms. The first-order valence-corrected chi connectivity index (χ1v) is 23.5. The average Bonchev–Trinajstić information content (AvgIpc) is 3.82. The van der Waals surface area contributed by atoms with E-state index in [-0.39, 0.29) is 105 Å². The van der Waals surface area contributed by atoms with Crippen molar-refractivity contribution < 1.29 is 52.7 Å². The molecule has 1 atom stereocenters. The van der Waals surface area contributed by atoms with Gasteiger partial charge in [-0.05, 0) is 52.1 Å². The number of hydrogen-bond donors (Lipinski definition) is 0. The number of hydrogen-bond acceptors (Lipinski definition) is 16. The van der Waals surface area contributed by atoms with Crippen LogP contribution in [0.1, 0.15) is 60.4 Å². The molecule has 5 aromatic carbocycles. The number of aromatic nitrogens is 4. The van der Waals surface area contributed by atoms with E-state index in [1.165, 1.54) is 35.2 Å². The van der Waals surface area contributed by atoms with Gasteiger partial charge in [0.25, 0.3) is 11.4 Å². The van der Waals surface area contributed by atoms with E-state index in [1.54, 1.807) is 45.4 Å². The van der Waals surface area contributed by atoms with Crippen molar-refractivity contribution >= 4 is 40.1 Å². The molecule has 0 amide bonds. The number of rotatable bonds is 28. The second-order valence-electron chi connectivity index (χ2n) is 16.9. The molecule has 2 aromatic heterocycles. The van der Waals surface area contributed by atoms with Crippen LogP contribution in [0.2, 0.25) is 0 Å². The topological polar surface area (TPSA) is 236 Å². The van der Waals surface area contributed by atoms with Gasteiger partial charge in [0, 0.05) is 62.3 Å². The van der Waals surface area contributed by atoms with Crippen LogP contribution in [0, 0.1) is 26.1 Å². The number of nitro benzene ring substituents is 2. The molecule has 0 aliphatic carbocycles. The molecular weight excluding hydrogens is 941 g/mol. The number of nitro groups is 2. The molecule has 0 radical (unpaired) electrons. The Morgan fingerprint density at radius 2 is 1.21 bits per heavy atom. The fraction of sp³-hybridized carbons (Fsp3) is 0.296. The number of carbonyl (C=O) groups is 3. The van der Waals surface area contributed by atoms with Gasteiger partial charge in [-0.3, -0.25) is 34.6 Å². The van der Waals surface area contributed by atoms with Crippen LogP contribution in [0.25, 0.3) is 11.2 Å². The average molecular weight is 995 g/mol. The Balaban J connectivity index is 1.17. The van der Waals surface area contributed by atoms with Crippen LogP contribution in [-0.4, -0.2) is 87.5 Å². The molecule has 0 unspecified atom stereocenters. The van der Waals surface area contributed by atoms with E-state index in [1.807, 2.05) is 78.9 Å². The first-order valence-electron chi connectivity index (χ1n) is 23.5. The normalized spacial score (nSPS) is 11.7. The molecule has 19 heteroatoms. The Bertz CT molecular complexity index is 2940. The predicted octanol–water partition coefficient (Wildman–Crippen LogP) is 8.79. The molecule has 0 N–H and O–H groups in total. The SMILES string of the molecule is CCC(=O)CCC(=O)OC[C@H](COC(c1ccccc1)(c1ccc(OC)cc1)c1ccc(OC)cc1)CC(=O)Cn1cnc2c(OCCc3ccc([N+](=O)[O-])cc3)nc(OCCc3ccc([N+](=O)[O-])cc3)nc21. The highest BCUT2D eigenvalue weighted by molar-refractivity contribution is 5.83. The van der Waals surface area contributed by atoms with Crippen LogP contribution >= 0.6 is 0 Å². The third-order valence-corrected chi connectivity index (χ3v) is 12.0. The number of benzene rings is 5. The van der Waals surface area contributed by atoms with Crippen LogP contribution in [0.3, 0.4) is 0 Å². The van der Waals surface area contributed by atoms with Crippen molar-refractivity contribution in [2.45, 2.75) is 57.6 Å². The molecule has 0 saturated heterocycles. The van der Waals surface area contributed by atoms with Crippen LogP contribution in [0.5, 0.6) is 23.4 Å². The predicted molar refractivity (Wildman–Crippen MR) is 267 cm³/mol. The Labute approximate surface area is 420 Å². The second kappa shape index (κ2) is 25.0. The minimum atomic E-state index is -1.25. The zero-order valence-electron chi connectivity index (χ0n) is 40.5. The molecule has 378 valence electrons. The largest absolute Gasteiger partial charge is 0.497 e. The number of esters is 1. The van der Waals surface area contributed by atoms with Gasteiger partial charge in [-0.25, -0.2) is 4.98 Å². The molecule has 0 saturated carbocycles. The van der Waals surface area contributed by atoms with E-state index in [2.05, 4.69) is 15.0 Å². The number of fused-ring (bicyclic) bond motifs is 1. The second-order valence-corrected chi connectivity index (χ2v) is 16.9. The van der Waals surface area contributed by atoms with Gasteiger partial charge in [0.2, 0.25) is 5.88 Å². The molecule has 73 heavy (non-hydrogen) atoms. The lowest BCUT2D eigenvalue weighted by Crippen LogP contribution is -2.36. The zero-order valence-corrected chi connectivity index (χ0v) is 40.5. The molecule has 0 aliphatic rings. The highest BCUT2D eigenvalue weighted by atomic mass is 16.6. The highest BCUT2D eigenvalue weighted by Crippen LogP contribution is 2.42. The summed E-state index contributed by atoms with van der Waals surface area (Å²) in [5.74, 6) is -0.307. The molecule has 0 aliphatic heterocycles. The lowest BCUT2D eigenvalue weighted by Gasteiger charge is -2.37. The first kappa shape index (κ1) is 52.2. The number of imidazole rings is 1. The number of carbonyl (C=O) groups excluding carboxylic acids is 3. The van der Waals surface area contributed by atoms with Crippen molar-refractivity contribution in [3.05, 3.63) is 182 Å². The number of non-ortho nitro benzene ring substituents is 2. The summed E-state index contributed by atoms with van der Waals surface area (Å²) in [6.45, 7) is 1.41. The van der Waals surface area contributed by atoms with E-state index in [4.69, 9.17) is 28.4 Å². The maximum Gasteiger partial charge on any atom is 0.321 e. The lowest BCUT2D eigenvalue weighted by atomic mass is 9.79. The van der Waals surface area contributed by atoms with E-state index in [0.717, 1.165) is 27.8 Å². The number of ether oxygens (including phenoxy) is 6. The lowest BCUT2D eigenvalue weighted by molar-refractivity contribution is -0.385. The van der Waals surface area contributed by atoms with Gasteiger partial charge in [0.15, 0.2) is 16.9 Å². The van der Waals surface area contributed by atoms with Gasteiger partial charge in [-0.1, -0.05) is 85.8 Å². The first-order chi connectivity index (χ1) is 35.4. The van der Waals surface area contributed by atoms with Crippen LogP contribution in [-0.2, 0) is 48.8 Å². The third-order valence-electron chi connectivity index (χ3n) is 12.0. The fourth-order valence-electron chi connectivity index (χ4n) is 8.04. The van der Waals surface area contributed by atoms with Crippen molar-refractivity contribution in [2.24, 2.45) is 5.92 Å². The number of ketones is 2. The number of Topliss-reactive ketones (excluding diaryl/α,β-unsaturated/α-hetero) is 2. The molecule has 7 aromatic rings. The summed E-state index contributed by atoms with van der Waals surface area (Å²) >= 11 is 0. The van der Waals surface area contributed by atoms with E-state index in [9.17, 15) is 34.6 Å². The van der Waals surface area contributed by atoms with Crippen molar-refractivity contribution in [1.82, 2.24) is 19.5 Å². The summed E-state index contributed by atoms with van der Waals surface area (Å²) in [6.07, 6.45) is 2.24. The monoisotopic (exact) mass is 994 g/mol. The van der Waals surface area contributed by atoms with E-state index in [0.29, 0.717) is 24.3 Å². The third kappa shape index (κ3) is 13.6. The van der Waals surface area contributed by atoms with Crippen LogP contribution < -0.4 is 18.9 Å². The summed E-state index contributed by atoms with van der Waals surface area (Å²) in [5.41, 5.74) is 2.97. The maximum absolute atomic E-state index is 14.4. The van der Waals surface area contributed by atoms with Crippen molar-refractivity contribution in [3.8, 4) is 23.4 Å². The number of methoxy groups -OCH3 is 2. The molecule has 0 bridgehead atoms. The number of nitrogens with zero attached hydrogens (tertiary/aromatic N) is 6. The van der Waals surface area contributed by atoms with Gasteiger partial charge < -0.3 is 33.0 Å². The van der Waals surface area contributed by atoms with Gasteiger partial charge >= 0.3 is 12.0 Å². The summed E-state index contributed by atoms with van der Waals surface area (Å²) in [5, 5.41) is 22.4. The minimum Gasteiger partial charge on any atom is -0.497 e. The molecule has 0 fully saturated rings. The smallest absolute Gasteiger partial charge is 0.321 e. The molecule has 7 rings (SSSR count). The van der Waals surface area contributed by atoms with Crippen molar-refractivity contribution in [2.75, 3.05) is 40.6 Å². The Kier molecular flexibility index (Phi) is 17.9. The molecule has 19 nitrogen and oxygen atoms in total. The Morgan fingerprint density at radius 1 is 0.658 bits per heavy atom.